The van der Waals surface area contributed by atoms with Crippen molar-refractivity contribution < 1.29 is 46.1 Å². The average molecular weight is 741 g/mol. The van der Waals surface area contributed by atoms with Crippen LogP contribution in [-0.4, -0.2) is 3.21 Å². The second-order valence-corrected chi connectivity index (χ2v) is 22.2. The van der Waals surface area contributed by atoms with Gasteiger partial charge in [-0.3, -0.25) is 0 Å². The molecule has 0 saturated carbocycles. The summed E-state index contributed by atoms with van der Waals surface area (Å²) < 4.78 is 5.04. The van der Waals surface area contributed by atoms with E-state index < -0.39 is 21.3 Å². The topological polar surface area (TPSA) is 0 Å². The zero-order valence-electron chi connectivity index (χ0n) is 29.9. The largest absolute Gasteiger partial charge is 1.00 e. The first kappa shape index (κ1) is 37.5. The van der Waals surface area contributed by atoms with E-state index in [4.69, 9.17) is 0 Å². The van der Waals surface area contributed by atoms with Crippen molar-refractivity contribution in [3.63, 3.8) is 0 Å². The molecule has 3 heteroatoms. The molecule has 6 rings (SSSR count). The SMILES string of the molecule is CC1=CC[C]([Zr+2](=[C](c2ccccc2)c2ccccc2)[c]2cc(C(C)(C)C)cc3c2Cc2ccc(C(C)(C)C)cc2-3)=C1C(C)(C)C.[Cl-].[Cl-]. The van der Waals surface area contributed by atoms with Crippen LogP contribution >= 0.6 is 0 Å². The molecular formula is C44H50Cl2Zr. The van der Waals surface area contributed by atoms with Crippen molar-refractivity contribution in [2.45, 2.75) is 92.9 Å². The molecule has 47 heavy (non-hydrogen) atoms. The van der Waals surface area contributed by atoms with Crippen LogP contribution in [0.4, 0.5) is 0 Å². The minimum atomic E-state index is -2.87. The molecule has 2 aliphatic rings. The first-order chi connectivity index (χ1) is 21.1. The number of hydrogen-bond donors (Lipinski definition) is 0. The molecule has 0 bridgehead atoms. The van der Waals surface area contributed by atoms with Crippen LogP contribution < -0.4 is 28.1 Å². The van der Waals surface area contributed by atoms with Crippen molar-refractivity contribution in [1.29, 1.82) is 0 Å². The Bertz CT molecular complexity index is 1830. The molecule has 0 unspecified atom stereocenters. The van der Waals surface area contributed by atoms with Crippen LogP contribution in [-0.2, 0) is 38.5 Å². The summed E-state index contributed by atoms with van der Waals surface area (Å²) in [5.41, 5.74) is 15.0. The molecule has 0 aliphatic heterocycles. The number of halogens is 2. The van der Waals surface area contributed by atoms with Crippen molar-refractivity contribution in [2.75, 3.05) is 0 Å². The van der Waals surface area contributed by atoms with Gasteiger partial charge in [-0.25, -0.2) is 0 Å². The van der Waals surface area contributed by atoms with E-state index in [-0.39, 0.29) is 41.1 Å². The zero-order valence-corrected chi connectivity index (χ0v) is 33.9. The van der Waals surface area contributed by atoms with Crippen LogP contribution in [0.25, 0.3) is 11.1 Å². The predicted molar refractivity (Wildman–Crippen MR) is 193 cm³/mol. The first-order valence-corrected chi connectivity index (χ1v) is 20.4. The van der Waals surface area contributed by atoms with Gasteiger partial charge in [0.05, 0.1) is 0 Å². The maximum absolute atomic E-state index is 2.87. The molecule has 0 atom stereocenters. The summed E-state index contributed by atoms with van der Waals surface area (Å²) in [5, 5.41) is 0. The molecule has 0 saturated heterocycles. The van der Waals surface area contributed by atoms with Crippen molar-refractivity contribution in [2.24, 2.45) is 5.41 Å². The Kier molecular flexibility index (Phi) is 11.1. The van der Waals surface area contributed by atoms with E-state index in [2.05, 4.69) is 166 Å². The molecule has 0 aromatic heterocycles. The Hall–Kier alpha value is -2.31. The molecule has 4 aromatic carbocycles. The third-order valence-corrected chi connectivity index (χ3v) is 17.4. The van der Waals surface area contributed by atoms with Gasteiger partial charge >= 0.3 is 282 Å². The van der Waals surface area contributed by atoms with Crippen molar-refractivity contribution in [1.82, 2.24) is 0 Å². The van der Waals surface area contributed by atoms with Crippen molar-refractivity contribution in [3.8, 4) is 11.1 Å². The summed E-state index contributed by atoms with van der Waals surface area (Å²) in [6.07, 6.45) is 4.63. The maximum Gasteiger partial charge on any atom is -1.00 e. The number of benzene rings is 4. The van der Waals surface area contributed by atoms with E-state index in [0.29, 0.717) is 0 Å². The molecule has 0 spiro atoms. The molecular weight excluding hydrogens is 691 g/mol. The van der Waals surface area contributed by atoms with Gasteiger partial charge in [0.25, 0.3) is 0 Å². The van der Waals surface area contributed by atoms with E-state index in [1.165, 1.54) is 44.5 Å². The van der Waals surface area contributed by atoms with E-state index in [1.54, 1.807) is 20.9 Å². The molecule has 244 valence electrons. The van der Waals surface area contributed by atoms with Gasteiger partial charge in [0.1, 0.15) is 0 Å². The fourth-order valence-electron chi connectivity index (χ4n) is 7.48. The molecule has 2 aliphatic carbocycles. The quantitative estimate of drug-likeness (QED) is 0.243. The molecule has 0 N–H and O–H groups in total. The molecule has 0 fully saturated rings. The Balaban J connectivity index is 0.00000250. The van der Waals surface area contributed by atoms with E-state index in [0.717, 1.165) is 12.8 Å². The van der Waals surface area contributed by atoms with Gasteiger partial charge in [-0.1, -0.05) is 0 Å². The Morgan fingerprint density at radius 3 is 1.64 bits per heavy atom. The van der Waals surface area contributed by atoms with Crippen LogP contribution in [0.2, 0.25) is 0 Å². The van der Waals surface area contributed by atoms with E-state index in [9.17, 15) is 0 Å². The van der Waals surface area contributed by atoms with Crippen LogP contribution in [0.3, 0.4) is 0 Å². The fraction of sp³-hybridized carbons (Fsp3) is 0.341. The standard InChI is InChI=1S/C21H25.C13H10.C10H15.2ClH.Zr/c1-20(2,3)16-9-7-14-11-15-8-10-17(21(4,5)6)13-19(15)18(14)12-16;1-3-7-12(8-4-1)11-13-9-5-2-6-10-13;1-8-6-5-7-9(8)10(2,3)4;;;/h7,9-10,12-13H,11H2,1-6H3;1-10H;6H,5H2,1-4H3;2*1H;/q;;;;;+2/p-2. The molecule has 0 radical (unpaired) electrons. The van der Waals surface area contributed by atoms with Gasteiger partial charge < -0.3 is 24.8 Å². The first-order valence-electron chi connectivity index (χ1n) is 16.7. The van der Waals surface area contributed by atoms with Crippen molar-refractivity contribution >= 4 is 6.48 Å². The third kappa shape index (κ3) is 7.34. The summed E-state index contributed by atoms with van der Waals surface area (Å²) in [4.78, 5) is 0. The summed E-state index contributed by atoms with van der Waals surface area (Å²) in [6, 6.07) is 35.3. The van der Waals surface area contributed by atoms with E-state index >= 15 is 0 Å². The van der Waals surface area contributed by atoms with Gasteiger partial charge in [0.15, 0.2) is 0 Å². The fourth-order valence-corrected chi connectivity index (χ4v) is 16.7. The van der Waals surface area contributed by atoms with Gasteiger partial charge in [0.2, 0.25) is 0 Å². The summed E-state index contributed by atoms with van der Waals surface area (Å²) >= 11 is -2.87. The second-order valence-electron chi connectivity index (χ2n) is 16.3. The van der Waals surface area contributed by atoms with Gasteiger partial charge in [-0.05, 0) is 0 Å². The number of allylic oxidation sites excluding steroid dienone is 4. The Morgan fingerprint density at radius 2 is 1.13 bits per heavy atom. The Labute approximate surface area is 304 Å². The molecule has 0 nitrogen and oxygen atoms in total. The monoisotopic (exact) mass is 738 g/mol. The summed E-state index contributed by atoms with van der Waals surface area (Å²) in [7, 11) is 0. The Morgan fingerprint density at radius 1 is 0.596 bits per heavy atom. The minimum absolute atomic E-state index is 0. The normalized spacial score (nSPS) is 13.9. The molecule has 0 amide bonds. The smallest absolute Gasteiger partial charge is 1.00 e. The van der Waals surface area contributed by atoms with Crippen molar-refractivity contribution in [3.05, 3.63) is 145 Å². The zero-order chi connectivity index (χ0) is 32.3. The number of hydrogen-bond acceptors (Lipinski definition) is 0. The maximum atomic E-state index is 2.68. The van der Waals surface area contributed by atoms with Gasteiger partial charge in [-0.15, -0.1) is 0 Å². The minimum Gasteiger partial charge on any atom is -1.00 e. The summed E-state index contributed by atoms with van der Waals surface area (Å²) in [5.74, 6) is 0. The van der Waals surface area contributed by atoms with Crippen LogP contribution in [0.1, 0.15) is 109 Å². The van der Waals surface area contributed by atoms with Crippen LogP contribution in [0, 0.1) is 5.41 Å². The summed E-state index contributed by atoms with van der Waals surface area (Å²) in [6.45, 7) is 23.8. The molecule has 0 heterocycles. The number of fused-ring (bicyclic) bond motifs is 3. The van der Waals surface area contributed by atoms with E-state index in [1.807, 2.05) is 0 Å². The molecule has 4 aromatic rings. The average Bonchev–Trinajstić information content (AvgIpc) is 3.55. The number of rotatable bonds is 4. The van der Waals surface area contributed by atoms with Crippen LogP contribution in [0.5, 0.6) is 0 Å². The van der Waals surface area contributed by atoms with Gasteiger partial charge in [-0.2, -0.15) is 0 Å². The third-order valence-electron chi connectivity index (χ3n) is 9.75. The predicted octanol–water partition coefficient (Wildman–Crippen LogP) is 5.02. The second kappa shape index (κ2) is 13.9. The van der Waals surface area contributed by atoms with Gasteiger partial charge in [0, 0.05) is 0 Å². The van der Waals surface area contributed by atoms with Crippen LogP contribution in [0.15, 0.2) is 111 Å².